The van der Waals surface area contributed by atoms with E-state index in [-0.39, 0.29) is 12.0 Å². The Morgan fingerprint density at radius 1 is 1.13 bits per heavy atom. The van der Waals surface area contributed by atoms with Crippen molar-refractivity contribution in [3.8, 4) is 0 Å². The molecule has 174 valence electrons. The van der Waals surface area contributed by atoms with Gasteiger partial charge in [-0.25, -0.2) is 4.39 Å². The molecule has 0 aliphatic heterocycles. The SMILES string of the molecule is C[C@H](CCCC(C)(C)F)[C@H]1CC[C@H]2[C@@H]3CCC(=NO)[C@](C)(CCCO)[C@H]3CC[C@]12C. The second-order valence-electron chi connectivity index (χ2n) is 12.0. The van der Waals surface area contributed by atoms with Gasteiger partial charge in [-0.1, -0.05) is 38.8 Å². The van der Waals surface area contributed by atoms with Crippen molar-refractivity contribution in [1.29, 1.82) is 0 Å². The summed E-state index contributed by atoms with van der Waals surface area (Å²) in [6.07, 6.45) is 11.7. The smallest absolute Gasteiger partial charge is 0.105 e. The van der Waals surface area contributed by atoms with Gasteiger partial charge in [-0.15, -0.1) is 0 Å². The molecule has 2 N–H and O–H groups in total. The van der Waals surface area contributed by atoms with Gasteiger partial charge in [0.05, 0.1) is 5.71 Å². The molecule has 4 heteroatoms. The average molecular weight is 424 g/mol. The molecular weight excluding hydrogens is 377 g/mol. The van der Waals surface area contributed by atoms with Gasteiger partial charge >= 0.3 is 0 Å². The van der Waals surface area contributed by atoms with Crippen molar-refractivity contribution >= 4 is 5.71 Å². The molecule has 3 fully saturated rings. The minimum absolute atomic E-state index is 0.0713. The summed E-state index contributed by atoms with van der Waals surface area (Å²) in [4.78, 5) is 0. The summed E-state index contributed by atoms with van der Waals surface area (Å²) >= 11 is 0. The number of rotatable bonds is 8. The molecule has 0 unspecified atom stereocenters. The number of oxime groups is 1. The average Bonchev–Trinajstić information content (AvgIpc) is 3.03. The summed E-state index contributed by atoms with van der Waals surface area (Å²) in [6, 6.07) is 0. The first-order valence-corrected chi connectivity index (χ1v) is 12.6. The van der Waals surface area contributed by atoms with Gasteiger partial charge in [0.15, 0.2) is 0 Å². The van der Waals surface area contributed by atoms with E-state index in [9.17, 15) is 14.7 Å². The van der Waals surface area contributed by atoms with Crippen LogP contribution in [-0.4, -0.2) is 28.3 Å². The van der Waals surface area contributed by atoms with Gasteiger partial charge in [-0.05, 0) is 107 Å². The molecule has 3 nitrogen and oxygen atoms in total. The van der Waals surface area contributed by atoms with Crippen LogP contribution in [0.4, 0.5) is 4.39 Å². The van der Waals surface area contributed by atoms with Gasteiger partial charge in [0.2, 0.25) is 0 Å². The highest BCUT2D eigenvalue weighted by atomic mass is 19.1. The zero-order valence-electron chi connectivity index (χ0n) is 20.1. The molecule has 0 aromatic rings. The van der Waals surface area contributed by atoms with Crippen LogP contribution in [0.2, 0.25) is 0 Å². The van der Waals surface area contributed by atoms with Crippen LogP contribution in [0.5, 0.6) is 0 Å². The summed E-state index contributed by atoms with van der Waals surface area (Å²) in [5.74, 6) is 3.46. The maximum atomic E-state index is 13.9. The van der Waals surface area contributed by atoms with Gasteiger partial charge in [-0.3, -0.25) is 0 Å². The lowest BCUT2D eigenvalue weighted by molar-refractivity contribution is -0.0460. The Bertz CT molecular complexity index is 615. The van der Waals surface area contributed by atoms with E-state index in [0.717, 1.165) is 56.1 Å². The quantitative estimate of drug-likeness (QED) is 0.326. The van der Waals surface area contributed by atoms with E-state index in [1.165, 1.54) is 25.7 Å². The van der Waals surface area contributed by atoms with Crippen molar-refractivity contribution in [3.63, 3.8) is 0 Å². The predicted molar refractivity (Wildman–Crippen MR) is 122 cm³/mol. The maximum Gasteiger partial charge on any atom is 0.105 e. The fourth-order valence-corrected chi connectivity index (χ4v) is 8.25. The summed E-state index contributed by atoms with van der Waals surface area (Å²) in [6.45, 7) is 10.9. The number of nitrogens with zero attached hydrogens (tertiary/aromatic N) is 1. The van der Waals surface area contributed by atoms with E-state index in [1.807, 2.05) is 0 Å². The third kappa shape index (κ3) is 4.45. The third-order valence-electron chi connectivity index (χ3n) is 9.80. The largest absolute Gasteiger partial charge is 0.411 e. The number of aliphatic hydroxyl groups excluding tert-OH is 1. The molecular formula is C26H46FNO2. The number of alkyl halides is 1. The fraction of sp³-hybridized carbons (Fsp3) is 0.962. The van der Waals surface area contributed by atoms with E-state index in [2.05, 4.69) is 25.9 Å². The maximum absolute atomic E-state index is 13.9. The lowest BCUT2D eigenvalue weighted by Gasteiger charge is -2.57. The third-order valence-corrected chi connectivity index (χ3v) is 9.80. The minimum atomic E-state index is -1.05. The fourth-order valence-electron chi connectivity index (χ4n) is 8.25. The first kappa shape index (κ1) is 24.0. The number of hydrogen-bond acceptors (Lipinski definition) is 3. The van der Waals surface area contributed by atoms with E-state index in [0.29, 0.717) is 29.6 Å². The van der Waals surface area contributed by atoms with Crippen molar-refractivity contribution in [3.05, 3.63) is 0 Å². The van der Waals surface area contributed by atoms with Crippen molar-refractivity contribution in [2.24, 2.45) is 45.6 Å². The molecule has 0 radical (unpaired) electrons. The zero-order chi connectivity index (χ0) is 22.2. The Labute approximate surface area is 183 Å². The number of fused-ring (bicyclic) bond motifs is 3. The van der Waals surface area contributed by atoms with Gasteiger partial charge < -0.3 is 10.3 Å². The molecule has 0 heterocycles. The Morgan fingerprint density at radius 2 is 1.87 bits per heavy atom. The molecule has 3 saturated carbocycles. The number of halogens is 1. The van der Waals surface area contributed by atoms with Gasteiger partial charge in [0.25, 0.3) is 0 Å². The second kappa shape index (κ2) is 9.08. The van der Waals surface area contributed by atoms with Crippen LogP contribution in [0.25, 0.3) is 0 Å². The second-order valence-corrected chi connectivity index (χ2v) is 12.0. The van der Waals surface area contributed by atoms with Crippen molar-refractivity contribution < 1.29 is 14.7 Å². The van der Waals surface area contributed by atoms with Crippen molar-refractivity contribution in [1.82, 2.24) is 0 Å². The van der Waals surface area contributed by atoms with Gasteiger partial charge in [0, 0.05) is 12.0 Å². The Kier molecular flexibility index (Phi) is 7.27. The molecule has 0 spiro atoms. The van der Waals surface area contributed by atoms with Gasteiger partial charge in [-0.2, -0.15) is 0 Å². The summed E-state index contributed by atoms with van der Waals surface area (Å²) in [5.41, 5.74) is 0.250. The van der Waals surface area contributed by atoms with Gasteiger partial charge in [0.1, 0.15) is 5.67 Å². The molecule has 3 rings (SSSR count). The molecule has 3 aliphatic rings. The van der Waals surface area contributed by atoms with Crippen LogP contribution < -0.4 is 0 Å². The van der Waals surface area contributed by atoms with Crippen molar-refractivity contribution in [2.45, 2.75) is 111 Å². The van der Waals surface area contributed by atoms with Crippen LogP contribution in [0.1, 0.15) is 105 Å². The van der Waals surface area contributed by atoms with Crippen LogP contribution in [0.15, 0.2) is 5.16 Å². The van der Waals surface area contributed by atoms with Crippen LogP contribution in [-0.2, 0) is 0 Å². The molecule has 0 saturated heterocycles. The van der Waals surface area contributed by atoms with E-state index < -0.39 is 5.67 Å². The summed E-state index contributed by atoms with van der Waals surface area (Å²) in [5, 5.41) is 22.9. The normalized spacial score (nSPS) is 41.5. The topological polar surface area (TPSA) is 52.8 Å². The standard InChI is InChI=1S/C26H46FNO2/c1-18(8-6-14-24(2,3)27)20-10-11-21-19-9-12-23(28-30)26(5,15-7-17-29)22(19)13-16-25(20,21)4/h18-22,29-30H,6-17H2,1-5H3/t18-,19+,20-,21+,22+,25-,26-/m1/s1. The lowest BCUT2D eigenvalue weighted by atomic mass is 9.47. The lowest BCUT2D eigenvalue weighted by Crippen LogP contribution is -2.52. The molecule has 0 aromatic heterocycles. The molecule has 0 aromatic carbocycles. The molecule has 0 amide bonds. The Morgan fingerprint density at radius 3 is 2.50 bits per heavy atom. The Balaban J connectivity index is 1.73. The molecule has 0 bridgehead atoms. The van der Waals surface area contributed by atoms with Crippen LogP contribution in [0, 0.1) is 40.4 Å². The Hall–Kier alpha value is -0.640. The van der Waals surface area contributed by atoms with E-state index in [1.54, 1.807) is 13.8 Å². The first-order valence-electron chi connectivity index (χ1n) is 12.6. The highest BCUT2D eigenvalue weighted by Crippen LogP contribution is 2.66. The number of hydrogen-bond donors (Lipinski definition) is 2. The highest BCUT2D eigenvalue weighted by molar-refractivity contribution is 5.90. The summed E-state index contributed by atoms with van der Waals surface area (Å²) < 4.78 is 13.9. The summed E-state index contributed by atoms with van der Waals surface area (Å²) in [7, 11) is 0. The predicted octanol–water partition coefficient (Wildman–Crippen LogP) is 7.00. The number of aliphatic hydroxyl groups is 1. The molecule has 3 aliphatic carbocycles. The van der Waals surface area contributed by atoms with Crippen LogP contribution in [0.3, 0.4) is 0 Å². The molecule has 7 atom stereocenters. The van der Waals surface area contributed by atoms with Crippen LogP contribution >= 0.6 is 0 Å². The minimum Gasteiger partial charge on any atom is -0.411 e. The monoisotopic (exact) mass is 423 g/mol. The van der Waals surface area contributed by atoms with E-state index >= 15 is 0 Å². The highest BCUT2D eigenvalue weighted by Gasteiger charge is 2.59. The van der Waals surface area contributed by atoms with E-state index in [4.69, 9.17) is 0 Å². The first-order chi connectivity index (χ1) is 14.1. The van der Waals surface area contributed by atoms with Crippen molar-refractivity contribution in [2.75, 3.05) is 6.61 Å². The molecule has 30 heavy (non-hydrogen) atoms. The zero-order valence-corrected chi connectivity index (χ0v) is 20.1.